The Labute approximate surface area is 382 Å². The van der Waals surface area contributed by atoms with E-state index in [1.807, 2.05) is 69.2 Å². The Morgan fingerprint density at radius 1 is 0.346 bits per heavy atom. The topological polar surface area (TPSA) is 0 Å². The van der Waals surface area contributed by atoms with Gasteiger partial charge in [-0.1, -0.05) is 67.5 Å². The molecule has 0 aromatic heterocycles. The van der Waals surface area contributed by atoms with Crippen molar-refractivity contribution >= 4 is 0 Å². The Hall–Kier alpha value is 9.30. The second kappa shape index (κ2) is 298. The molecule has 0 aromatic carbocycles. The van der Waals surface area contributed by atoms with Crippen LogP contribution in [0.2, 0.25) is 0 Å². The molecule has 0 unspecified atom stereocenters. The zero-order chi connectivity index (χ0) is 13.4. The molecule has 0 bridgehead atoms. The van der Waals surface area contributed by atoms with E-state index < -0.39 is 0 Å². The fourth-order valence-electron chi connectivity index (χ4n) is 0. The number of rotatable bonds is 0. The van der Waals surface area contributed by atoms with Crippen LogP contribution in [0.1, 0.15) is 69.2 Å². The standard InChI is InChI=1S/2C3H6.4C2H6.6U.6V/c2*1-3-2;4*1-2;;;;;;;;;;;;/h2*3H,1H2,2H3;4*1-2H3;;;;;;;;;;;;. The van der Waals surface area contributed by atoms with Gasteiger partial charge in [-0.3, -0.25) is 0 Å². The molecule has 0 nitrogen and oxygen atoms in total. The monoisotopic (exact) mass is 1940 g/mol. The summed E-state index contributed by atoms with van der Waals surface area (Å²) in [6.07, 6.45) is 3.50. The van der Waals surface area contributed by atoms with E-state index in [0.29, 0.717) is 0 Å². The van der Waals surface area contributed by atoms with Crippen LogP contribution in [0.4, 0.5) is 0 Å². The summed E-state index contributed by atoms with van der Waals surface area (Å²) < 4.78 is 0. The van der Waals surface area contributed by atoms with Gasteiger partial charge in [0.25, 0.3) is 0 Å². The van der Waals surface area contributed by atoms with Crippen molar-refractivity contribution in [3.05, 3.63) is 25.3 Å². The first-order valence-corrected chi connectivity index (χ1v) is 5.97. The van der Waals surface area contributed by atoms with Crippen LogP contribution in [-0.4, -0.2) is 0 Å². The SMILES string of the molecule is C=CC.C=CC.CC.CC.CC.CC.[U].[U].[U].[U].[U].[U].[V].[V].[V].[V].[V].[V]. The van der Waals surface area contributed by atoms with Crippen LogP contribution >= 0.6 is 0 Å². The molecular formula is C14H36U6V6. The van der Waals surface area contributed by atoms with Crippen molar-refractivity contribution in [1.82, 2.24) is 0 Å². The Kier molecular flexibility index (Phi) is 1590. The zero-order valence-corrected chi connectivity index (χ0v) is 51.6. The summed E-state index contributed by atoms with van der Waals surface area (Å²) >= 11 is 0. The van der Waals surface area contributed by atoms with Gasteiger partial charge in [-0.25, -0.2) is 0 Å². The Morgan fingerprint density at radius 3 is 0.346 bits per heavy atom. The second-order valence-corrected chi connectivity index (χ2v) is 0.816. The summed E-state index contributed by atoms with van der Waals surface area (Å²) in [5, 5.41) is 0. The van der Waals surface area contributed by atoms with Crippen LogP contribution in [0.15, 0.2) is 25.3 Å². The minimum Gasteiger partial charge on any atom is -0.103 e. The fraction of sp³-hybridized carbons (Fsp3) is 0.714. The van der Waals surface area contributed by atoms with Crippen molar-refractivity contribution in [1.29, 1.82) is 0 Å². The maximum absolute atomic E-state index is 3.36. The molecule has 12 heteroatoms. The molecule has 26 heavy (non-hydrogen) atoms. The fourth-order valence-corrected chi connectivity index (χ4v) is 0. The third-order valence-corrected chi connectivity index (χ3v) is 0. The summed E-state index contributed by atoms with van der Waals surface area (Å²) in [6.45, 7) is 26.5. The zero-order valence-electron chi connectivity index (χ0n) is 18.3. The van der Waals surface area contributed by atoms with E-state index in [2.05, 4.69) is 13.2 Å². The predicted molar refractivity (Wildman–Crippen MR) is 77.1 cm³/mol. The molecule has 0 aliphatic rings. The van der Waals surface area contributed by atoms with Crippen molar-refractivity contribution in [2.75, 3.05) is 0 Å². The van der Waals surface area contributed by atoms with Crippen LogP contribution in [0.3, 0.4) is 0 Å². The molecule has 6 radical (unpaired) electrons. The van der Waals surface area contributed by atoms with Gasteiger partial charge in [-0.05, 0) is 13.8 Å². The first kappa shape index (κ1) is 139. The van der Waals surface area contributed by atoms with Crippen LogP contribution in [0, 0.1) is 187 Å². The molecule has 0 heterocycles. The first-order valence-electron chi connectivity index (χ1n) is 5.97. The molecule has 0 aliphatic heterocycles. The molecule has 0 rings (SSSR count). The number of hydrogen-bond donors (Lipinski definition) is 0. The summed E-state index contributed by atoms with van der Waals surface area (Å²) in [7, 11) is 0. The molecule has 0 saturated carbocycles. The Bertz CT molecular complexity index is 58.9. The molecule has 0 aliphatic carbocycles. The van der Waals surface area contributed by atoms with Crippen LogP contribution in [0.25, 0.3) is 0 Å². The average molecular weight is 1940 g/mol. The largest absolute Gasteiger partial charge is 0.103 e. The molecule has 0 fully saturated rings. The Balaban J connectivity index is -0.00000000170. The van der Waals surface area contributed by atoms with E-state index in [0.717, 1.165) is 0 Å². The van der Waals surface area contributed by atoms with Crippen LogP contribution in [-0.2, 0) is 111 Å². The molecule has 0 spiro atoms. The maximum atomic E-state index is 3.36. The van der Waals surface area contributed by atoms with E-state index >= 15 is 0 Å². The van der Waals surface area contributed by atoms with Gasteiger partial charge < -0.3 is 0 Å². The summed E-state index contributed by atoms with van der Waals surface area (Å²) in [4.78, 5) is 0. The molecule has 0 N–H and O–H groups in total. The van der Waals surface area contributed by atoms with E-state index in [1.54, 1.807) is 12.2 Å². The normalized spacial score (nSPS) is 1.92. The third kappa shape index (κ3) is 402. The van der Waals surface area contributed by atoms with E-state index in [-0.39, 0.29) is 298 Å². The Morgan fingerprint density at radius 2 is 0.346 bits per heavy atom. The third-order valence-electron chi connectivity index (χ3n) is 0. The number of hydrogen-bond acceptors (Lipinski definition) is 0. The van der Waals surface area contributed by atoms with Gasteiger partial charge in [0.05, 0.1) is 0 Å². The first-order chi connectivity index (χ1) is 6.83. The van der Waals surface area contributed by atoms with E-state index in [9.17, 15) is 0 Å². The van der Waals surface area contributed by atoms with Crippen LogP contribution in [0.5, 0.6) is 0 Å². The summed E-state index contributed by atoms with van der Waals surface area (Å²) in [5.41, 5.74) is 0. The maximum Gasteiger partial charge on any atom is 0 e. The number of allylic oxidation sites excluding steroid dienone is 2. The second-order valence-electron chi connectivity index (χ2n) is 0.816. The van der Waals surface area contributed by atoms with Gasteiger partial charge in [0.1, 0.15) is 0 Å². The molecule has 0 saturated heterocycles. The summed E-state index contributed by atoms with van der Waals surface area (Å²) in [6, 6.07) is 0. The van der Waals surface area contributed by atoms with Gasteiger partial charge in [0, 0.05) is 298 Å². The van der Waals surface area contributed by atoms with Gasteiger partial charge >= 0.3 is 0 Å². The smallest absolute Gasteiger partial charge is 0 e. The van der Waals surface area contributed by atoms with E-state index in [4.69, 9.17) is 0 Å². The molecule has 0 atom stereocenters. The van der Waals surface area contributed by atoms with Gasteiger partial charge in [0.2, 0.25) is 0 Å². The minimum atomic E-state index is 0. The van der Waals surface area contributed by atoms with Crippen LogP contribution < -0.4 is 0 Å². The van der Waals surface area contributed by atoms with Crippen molar-refractivity contribution in [2.45, 2.75) is 69.2 Å². The van der Waals surface area contributed by atoms with Crippen molar-refractivity contribution < 1.29 is 298 Å². The van der Waals surface area contributed by atoms with Gasteiger partial charge in [-0.15, -0.1) is 13.2 Å². The molecule has 0 aromatic rings. The molecular weight excluding hydrogens is 1900 g/mol. The average Bonchev–Trinajstić information content (AvgIpc) is 2.31. The molecule has 146 valence electrons. The predicted octanol–water partition coefficient (Wildman–Crippen LogP) is 6.47. The van der Waals surface area contributed by atoms with Crippen molar-refractivity contribution in [3.63, 3.8) is 0 Å². The summed E-state index contributed by atoms with van der Waals surface area (Å²) in [5.74, 6) is 0. The van der Waals surface area contributed by atoms with E-state index in [1.165, 1.54) is 0 Å². The van der Waals surface area contributed by atoms with Gasteiger partial charge in [-0.2, -0.15) is 0 Å². The van der Waals surface area contributed by atoms with Crippen molar-refractivity contribution in [2.24, 2.45) is 0 Å². The minimum absolute atomic E-state index is 0. The van der Waals surface area contributed by atoms with Crippen molar-refractivity contribution in [3.8, 4) is 0 Å². The van der Waals surface area contributed by atoms with Gasteiger partial charge in [0.15, 0.2) is 0 Å². The quantitative estimate of drug-likeness (QED) is 0.244. The molecule has 0 amide bonds.